The quantitative estimate of drug-likeness (QED) is 0.738. The van der Waals surface area contributed by atoms with E-state index in [0.717, 1.165) is 0 Å². The molecule has 25 heavy (non-hydrogen) atoms. The summed E-state index contributed by atoms with van der Waals surface area (Å²) in [6.07, 6.45) is 0. The summed E-state index contributed by atoms with van der Waals surface area (Å²) in [7, 11) is 0. The van der Waals surface area contributed by atoms with Gasteiger partial charge in [0.15, 0.2) is 0 Å². The van der Waals surface area contributed by atoms with Crippen molar-refractivity contribution in [3.63, 3.8) is 0 Å². The number of aromatic amines is 1. The molecule has 0 fully saturated rings. The second-order valence-electron chi connectivity index (χ2n) is 6.12. The maximum Gasteiger partial charge on any atom is 0.337 e. The van der Waals surface area contributed by atoms with E-state index in [1.807, 2.05) is 13.8 Å². The Morgan fingerprint density at radius 3 is 2.84 bits per heavy atom. The summed E-state index contributed by atoms with van der Waals surface area (Å²) in [6, 6.07) is 12.3. The van der Waals surface area contributed by atoms with Crippen LogP contribution in [-0.2, 0) is 0 Å². The number of nitrogens with zero attached hydrogens (tertiary/aromatic N) is 2. The number of para-hydroxylation sites is 1. The first-order chi connectivity index (χ1) is 12.0. The Morgan fingerprint density at radius 1 is 1.36 bits per heavy atom. The molecule has 0 radical (unpaired) electrons. The summed E-state index contributed by atoms with van der Waals surface area (Å²) in [4.78, 5) is 18.8. The van der Waals surface area contributed by atoms with E-state index in [9.17, 15) is 15.2 Å². The van der Waals surface area contributed by atoms with E-state index in [1.54, 1.807) is 30.3 Å². The largest absolute Gasteiger partial charge is 0.492 e. The molecule has 0 spiro atoms. The van der Waals surface area contributed by atoms with Gasteiger partial charge in [0, 0.05) is 5.56 Å². The first kappa shape index (κ1) is 16.5. The molecule has 0 bridgehead atoms. The van der Waals surface area contributed by atoms with E-state index in [4.69, 9.17) is 4.74 Å². The normalized spacial score (nSPS) is 10.8. The fourth-order valence-electron chi connectivity index (χ4n) is 2.49. The number of carboxylic acid groups (broad SMARTS) is 1. The van der Waals surface area contributed by atoms with E-state index in [0.29, 0.717) is 46.3 Å². The minimum atomic E-state index is -1.03. The van der Waals surface area contributed by atoms with Crippen LogP contribution in [0.2, 0.25) is 0 Å². The van der Waals surface area contributed by atoms with Crippen molar-refractivity contribution in [1.82, 2.24) is 9.97 Å². The zero-order valence-electron chi connectivity index (χ0n) is 13.9. The van der Waals surface area contributed by atoms with Crippen molar-refractivity contribution in [1.29, 1.82) is 5.26 Å². The number of fused-ring (bicyclic) bond motifs is 1. The van der Waals surface area contributed by atoms with Crippen LogP contribution in [0.5, 0.6) is 5.75 Å². The summed E-state index contributed by atoms with van der Waals surface area (Å²) in [6.45, 7) is 4.60. The number of carboxylic acids is 1. The Bertz CT molecular complexity index is 983. The molecular weight excluding hydrogens is 318 g/mol. The van der Waals surface area contributed by atoms with Gasteiger partial charge in [-0.15, -0.1) is 0 Å². The van der Waals surface area contributed by atoms with E-state index < -0.39 is 5.97 Å². The lowest BCUT2D eigenvalue weighted by atomic mass is 10.1. The molecule has 0 saturated heterocycles. The van der Waals surface area contributed by atoms with Gasteiger partial charge in [-0.3, -0.25) is 0 Å². The van der Waals surface area contributed by atoms with E-state index in [-0.39, 0.29) is 5.56 Å². The lowest BCUT2D eigenvalue weighted by Crippen LogP contribution is -2.05. The number of nitriles is 1. The lowest BCUT2D eigenvalue weighted by Gasteiger charge is -2.10. The summed E-state index contributed by atoms with van der Waals surface area (Å²) in [5.74, 6) is 0.368. The number of carbonyl (C=O) groups is 1. The molecule has 0 amide bonds. The number of imidazole rings is 1. The van der Waals surface area contributed by atoms with Crippen LogP contribution in [0.4, 0.5) is 0 Å². The van der Waals surface area contributed by atoms with Crippen LogP contribution in [0.25, 0.3) is 22.4 Å². The van der Waals surface area contributed by atoms with Gasteiger partial charge in [-0.05, 0) is 36.2 Å². The Balaban J connectivity index is 2.02. The number of hydrogen-bond acceptors (Lipinski definition) is 4. The molecule has 0 saturated carbocycles. The average Bonchev–Trinajstić information content (AvgIpc) is 3.03. The Labute approximate surface area is 144 Å². The van der Waals surface area contributed by atoms with Crippen molar-refractivity contribution in [2.24, 2.45) is 5.92 Å². The second-order valence-corrected chi connectivity index (χ2v) is 6.12. The third-order valence-electron chi connectivity index (χ3n) is 3.69. The minimum absolute atomic E-state index is 0.136. The van der Waals surface area contributed by atoms with Gasteiger partial charge in [-0.2, -0.15) is 5.26 Å². The first-order valence-corrected chi connectivity index (χ1v) is 7.89. The van der Waals surface area contributed by atoms with Gasteiger partial charge in [0.25, 0.3) is 0 Å². The van der Waals surface area contributed by atoms with Crippen molar-refractivity contribution < 1.29 is 14.6 Å². The molecule has 0 aliphatic carbocycles. The van der Waals surface area contributed by atoms with Crippen LogP contribution in [0.3, 0.4) is 0 Å². The molecule has 0 aliphatic rings. The van der Waals surface area contributed by atoms with Crippen molar-refractivity contribution in [2.45, 2.75) is 13.8 Å². The van der Waals surface area contributed by atoms with Crippen molar-refractivity contribution in [3.8, 4) is 23.2 Å². The molecule has 3 rings (SSSR count). The highest BCUT2D eigenvalue weighted by Gasteiger charge is 2.14. The van der Waals surface area contributed by atoms with Gasteiger partial charge >= 0.3 is 5.97 Å². The van der Waals surface area contributed by atoms with Crippen LogP contribution < -0.4 is 4.74 Å². The van der Waals surface area contributed by atoms with Crippen LogP contribution in [0, 0.1) is 17.2 Å². The second kappa shape index (κ2) is 6.65. The molecule has 0 unspecified atom stereocenters. The van der Waals surface area contributed by atoms with Gasteiger partial charge in [-0.25, -0.2) is 9.78 Å². The molecule has 6 heteroatoms. The van der Waals surface area contributed by atoms with E-state index >= 15 is 0 Å². The number of hydrogen-bond donors (Lipinski definition) is 2. The SMILES string of the molecule is CC(C)COc1ccc(-c2nc3c(C(=O)O)cccc3[nH]2)cc1C#N. The van der Waals surface area contributed by atoms with Crippen LogP contribution in [0.15, 0.2) is 36.4 Å². The number of ether oxygens (including phenoxy) is 1. The summed E-state index contributed by atoms with van der Waals surface area (Å²) < 4.78 is 5.66. The average molecular weight is 335 g/mol. The molecule has 126 valence electrons. The number of aromatic carboxylic acids is 1. The number of aromatic nitrogens is 2. The van der Waals surface area contributed by atoms with Crippen LogP contribution >= 0.6 is 0 Å². The van der Waals surface area contributed by atoms with E-state index in [2.05, 4.69) is 16.0 Å². The molecule has 0 aliphatic heterocycles. The fraction of sp³-hybridized carbons (Fsp3) is 0.211. The Hall–Kier alpha value is -3.33. The third-order valence-corrected chi connectivity index (χ3v) is 3.69. The number of benzene rings is 2. The molecule has 3 aromatic rings. The number of rotatable bonds is 5. The molecule has 6 nitrogen and oxygen atoms in total. The molecule has 2 N–H and O–H groups in total. The smallest absolute Gasteiger partial charge is 0.337 e. The molecular formula is C19H17N3O3. The maximum atomic E-state index is 11.3. The molecule has 1 heterocycles. The van der Waals surface area contributed by atoms with Crippen molar-refractivity contribution in [2.75, 3.05) is 6.61 Å². The molecule has 2 aromatic carbocycles. The molecule has 1 aromatic heterocycles. The van der Waals surface area contributed by atoms with Gasteiger partial charge in [0.2, 0.25) is 0 Å². The van der Waals surface area contributed by atoms with Crippen molar-refractivity contribution in [3.05, 3.63) is 47.5 Å². The Kier molecular flexibility index (Phi) is 4.40. The predicted molar refractivity (Wildman–Crippen MR) is 93.5 cm³/mol. The number of nitrogens with one attached hydrogen (secondary N) is 1. The summed E-state index contributed by atoms with van der Waals surface area (Å²) in [5.41, 5.74) is 2.27. The minimum Gasteiger partial charge on any atom is -0.492 e. The number of H-pyrrole nitrogens is 1. The van der Waals surface area contributed by atoms with Crippen LogP contribution in [0.1, 0.15) is 29.8 Å². The van der Waals surface area contributed by atoms with Crippen molar-refractivity contribution >= 4 is 17.0 Å². The van der Waals surface area contributed by atoms with E-state index in [1.165, 1.54) is 6.07 Å². The van der Waals surface area contributed by atoms with Gasteiger partial charge in [0.1, 0.15) is 23.2 Å². The van der Waals surface area contributed by atoms with Gasteiger partial charge in [-0.1, -0.05) is 19.9 Å². The summed E-state index contributed by atoms with van der Waals surface area (Å²) in [5, 5.41) is 18.6. The zero-order valence-corrected chi connectivity index (χ0v) is 13.9. The van der Waals surface area contributed by atoms with Gasteiger partial charge < -0.3 is 14.8 Å². The predicted octanol–water partition coefficient (Wildman–Crippen LogP) is 3.83. The zero-order chi connectivity index (χ0) is 18.0. The third kappa shape index (κ3) is 3.31. The topological polar surface area (TPSA) is 99.0 Å². The first-order valence-electron chi connectivity index (χ1n) is 7.89. The maximum absolute atomic E-state index is 11.3. The highest BCUT2D eigenvalue weighted by Crippen LogP contribution is 2.27. The standard InChI is InChI=1S/C19H17N3O3/c1-11(2)10-25-16-7-6-12(8-13(16)9-20)18-21-15-5-3-4-14(19(23)24)17(15)22-18/h3-8,11H,10H2,1-2H3,(H,21,22)(H,23,24). The molecule has 0 atom stereocenters. The van der Waals surface area contributed by atoms with Crippen LogP contribution in [-0.4, -0.2) is 27.7 Å². The Morgan fingerprint density at radius 2 is 2.16 bits per heavy atom. The fourth-order valence-corrected chi connectivity index (χ4v) is 2.49. The van der Waals surface area contributed by atoms with Gasteiger partial charge in [0.05, 0.1) is 23.3 Å². The monoisotopic (exact) mass is 335 g/mol. The highest BCUT2D eigenvalue weighted by molar-refractivity contribution is 6.01. The lowest BCUT2D eigenvalue weighted by molar-refractivity contribution is 0.0699. The summed E-state index contributed by atoms with van der Waals surface area (Å²) >= 11 is 0. The highest BCUT2D eigenvalue weighted by atomic mass is 16.5.